The van der Waals surface area contributed by atoms with Crippen molar-refractivity contribution < 1.29 is 14.3 Å². The normalized spacial score (nSPS) is 11.8. The lowest BCUT2D eigenvalue weighted by Gasteiger charge is -2.21. The summed E-state index contributed by atoms with van der Waals surface area (Å²) in [6.45, 7) is 0. The van der Waals surface area contributed by atoms with Gasteiger partial charge in [0.05, 0.1) is 13.4 Å². The average Bonchev–Trinajstić information content (AvgIpc) is 3.27. The van der Waals surface area contributed by atoms with E-state index in [0.29, 0.717) is 19.3 Å². The molecule has 0 spiro atoms. The van der Waals surface area contributed by atoms with E-state index in [1.165, 1.54) is 7.11 Å². The van der Waals surface area contributed by atoms with Crippen LogP contribution in [0.2, 0.25) is 0 Å². The Kier molecular flexibility index (Phi) is 7.16. The number of aromatic nitrogens is 2. The van der Waals surface area contributed by atoms with Gasteiger partial charge in [-0.2, -0.15) is 0 Å². The standard InChI is InChI=1S/C23H25N3O3/c1-29-23(28)21(14-20-15-24-16-25-20)26-22(27)19(12-17-8-4-2-5-9-17)13-18-10-6-3-7-11-18/h2-11,15-16,19,21H,12-14H2,1H3,(H,24,25)(H,26,27). The number of carbonyl (C=O) groups excluding carboxylic acids is 2. The minimum Gasteiger partial charge on any atom is -0.467 e. The minimum absolute atomic E-state index is 0.173. The van der Waals surface area contributed by atoms with Gasteiger partial charge >= 0.3 is 5.97 Å². The highest BCUT2D eigenvalue weighted by Crippen LogP contribution is 2.16. The number of hydrogen-bond donors (Lipinski definition) is 2. The van der Waals surface area contributed by atoms with Crippen molar-refractivity contribution in [3.63, 3.8) is 0 Å². The van der Waals surface area contributed by atoms with Crippen molar-refractivity contribution in [2.75, 3.05) is 7.11 Å². The van der Waals surface area contributed by atoms with E-state index in [9.17, 15) is 9.59 Å². The highest BCUT2D eigenvalue weighted by molar-refractivity contribution is 5.86. The average molecular weight is 391 g/mol. The number of aromatic amines is 1. The van der Waals surface area contributed by atoms with Crippen molar-refractivity contribution in [2.45, 2.75) is 25.3 Å². The second-order valence-electron chi connectivity index (χ2n) is 6.94. The zero-order chi connectivity index (χ0) is 20.5. The molecule has 1 heterocycles. The first-order chi connectivity index (χ1) is 14.2. The van der Waals surface area contributed by atoms with Crippen molar-refractivity contribution >= 4 is 11.9 Å². The lowest BCUT2D eigenvalue weighted by Crippen LogP contribution is -2.46. The molecule has 0 aliphatic carbocycles. The van der Waals surface area contributed by atoms with Gasteiger partial charge in [0.1, 0.15) is 6.04 Å². The van der Waals surface area contributed by atoms with Gasteiger partial charge in [0, 0.05) is 24.2 Å². The van der Waals surface area contributed by atoms with Crippen LogP contribution in [0.3, 0.4) is 0 Å². The fourth-order valence-electron chi connectivity index (χ4n) is 3.30. The van der Waals surface area contributed by atoms with Crippen LogP contribution in [0, 0.1) is 5.92 Å². The summed E-state index contributed by atoms with van der Waals surface area (Å²) in [6.07, 6.45) is 4.63. The lowest BCUT2D eigenvalue weighted by molar-refractivity contribution is -0.145. The summed E-state index contributed by atoms with van der Waals surface area (Å²) in [5, 5.41) is 2.89. The molecule has 29 heavy (non-hydrogen) atoms. The third-order valence-corrected chi connectivity index (χ3v) is 4.80. The second kappa shape index (κ2) is 10.2. The van der Waals surface area contributed by atoms with Gasteiger partial charge in [0.2, 0.25) is 5.91 Å². The molecule has 2 aromatic carbocycles. The third-order valence-electron chi connectivity index (χ3n) is 4.80. The number of rotatable bonds is 9. The van der Waals surface area contributed by atoms with E-state index in [2.05, 4.69) is 15.3 Å². The number of nitrogens with one attached hydrogen (secondary N) is 2. The van der Waals surface area contributed by atoms with E-state index < -0.39 is 12.0 Å². The molecule has 0 fully saturated rings. The second-order valence-corrected chi connectivity index (χ2v) is 6.94. The van der Waals surface area contributed by atoms with Gasteiger partial charge in [-0.05, 0) is 24.0 Å². The van der Waals surface area contributed by atoms with Crippen LogP contribution >= 0.6 is 0 Å². The topological polar surface area (TPSA) is 84.1 Å². The van der Waals surface area contributed by atoms with Crippen molar-refractivity contribution in [3.05, 3.63) is 90.0 Å². The molecule has 0 saturated heterocycles. The molecule has 3 aromatic rings. The molecule has 6 heteroatoms. The first-order valence-electron chi connectivity index (χ1n) is 9.59. The summed E-state index contributed by atoms with van der Waals surface area (Å²) in [6, 6.07) is 19.0. The summed E-state index contributed by atoms with van der Waals surface area (Å²) in [7, 11) is 1.32. The maximum absolute atomic E-state index is 13.2. The van der Waals surface area contributed by atoms with Gasteiger partial charge < -0.3 is 15.0 Å². The van der Waals surface area contributed by atoms with Crippen LogP contribution in [0.1, 0.15) is 16.8 Å². The number of nitrogens with zero attached hydrogens (tertiary/aromatic N) is 1. The van der Waals surface area contributed by atoms with Crippen LogP contribution in [-0.4, -0.2) is 35.0 Å². The van der Waals surface area contributed by atoms with Crippen molar-refractivity contribution in [2.24, 2.45) is 5.92 Å². The highest BCUT2D eigenvalue weighted by Gasteiger charge is 2.27. The molecule has 150 valence electrons. The summed E-state index contributed by atoms with van der Waals surface area (Å²) in [4.78, 5) is 32.3. The molecule has 1 aromatic heterocycles. The lowest BCUT2D eigenvalue weighted by atomic mass is 9.91. The number of hydrogen-bond acceptors (Lipinski definition) is 4. The summed E-state index contributed by atoms with van der Waals surface area (Å²) >= 11 is 0. The molecular weight excluding hydrogens is 366 g/mol. The molecule has 0 aliphatic rings. The number of imidazole rings is 1. The minimum atomic E-state index is -0.776. The zero-order valence-corrected chi connectivity index (χ0v) is 16.4. The Bertz CT molecular complexity index is 854. The molecule has 0 aliphatic heterocycles. The van der Waals surface area contributed by atoms with Crippen LogP contribution in [0.25, 0.3) is 0 Å². The smallest absolute Gasteiger partial charge is 0.328 e. The monoisotopic (exact) mass is 391 g/mol. The Morgan fingerprint density at radius 1 is 0.966 bits per heavy atom. The number of H-pyrrole nitrogens is 1. The van der Waals surface area contributed by atoms with Crippen molar-refractivity contribution in [1.82, 2.24) is 15.3 Å². The maximum atomic E-state index is 13.2. The molecular formula is C23H25N3O3. The highest BCUT2D eigenvalue weighted by atomic mass is 16.5. The van der Waals surface area contributed by atoms with Gasteiger partial charge in [-0.15, -0.1) is 0 Å². The molecule has 3 rings (SSSR count). The molecule has 1 unspecified atom stereocenters. The van der Waals surface area contributed by atoms with Gasteiger partial charge in [0.15, 0.2) is 0 Å². The number of methoxy groups -OCH3 is 1. The Labute approximate surface area is 170 Å². The molecule has 2 N–H and O–H groups in total. The SMILES string of the molecule is COC(=O)C(Cc1cnc[nH]1)NC(=O)C(Cc1ccccc1)Cc1ccccc1. The quantitative estimate of drug-likeness (QED) is 0.550. The van der Waals surface area contributed by atoms with Crippen LogP contribution in [0.4, 0.5) is 0 Å². The van der Waals surface area contributed by atoms with Crippen LogP contribution < -0.4 is 5.32 Å². The van der Waals surface area contributed by atoms with Crippen LogP contribution in [0.5, 0.6) is 0 Å². The van der Waals surface area contributed by atoms with Gasteiger partial charge in [0.25, 0.3) is 0 Å². The van der Waals surface area contributed by atoms with E-state index >= 15 is 0 Å². The fourth-order valence-corrected chi connectivity index (χ4v) is 3.30. The number of carbonyl (C=O) groups is 2. The van der Waals surface area contributed by atoms with Crippen molar-refractivity contribution in [3.8, 4) is 0 Å². The largest absolute Gasteiger partial charge is 0.467 e. The van der Waals surface area contributed by atoms with E-state index in [0.717, 1.165) is 16.8 Å². The van der Waals surface area contributed by atoms with E-state index in [1.54, 1.807) is 12.5 Å². The maximum Gasteiger partial charge on any atom is 0.328 e. The van der Waals surface area contributed by atoms with Crippen LogP contribution in [0.15, 0.2) is 73.2 Å². The molecule has 6 nitrogen and oxygen atoms in total. The van der Waals surface area contributed by atoms with E-state index in [-0.39, 0.29) is 11.8 Å². The van der Waals surface area contributed by atoms with Crippen LogP contribution in [-0.2, 0) is 33.6 Å². The third kappa shape index (κ3) is 6.04. The predicted molar refractivity (Wildman–Crippen MR) is 110 cm³/mol. The Hall–Kier alpha value is -3.41. The molecule has 1 atom stereocenters. The number of benzene rings is 2. The Morgan fingerprint density at radius 3 is 2.03 bits per heavy atom. The van der Waals surface area contributed by atoms with E-state index in [4.69, 9.17) is 4.74 Å². The summed E-state index contributed by atoms with van der Waals surface area (Å²) in [5.74, 6) is -0.965. The number of amides is 1. The zero-order valence-electron chi connectivity index (χ0n) is 16.4. The summed E-state index contributed by atoms with van der Waals surface area (Å²) in [5.41, 5.74) is 2.90. The van der Waals surface area contributed by atoms with Crippen molar-refractivity contribution in [1.29, 1.82) is 0 Å². The molecule has 0 saturated carbocycles. The fraction of sp³-hybridized carbons (Fsp3) is 0.261. The predicted octanol–water partition coefficient (Wildman–Crippen LogP) is 2.71. The molecule has 0 bridgehead atoms. The molecule has 1 amide bonds. The summed E-state index contributed by atoms with van der Waals surface area (Å²) < 4.78 is 4.89. The van der Waals surface area contributed by atoms with E-state index in [1.807, 2.05) is 60.7 Å². The van der Waals surface area contributed by atoms with Gasteiger partial charge in [-0.3, -0.25) is 4.79 Å². The van der Waals surface area contributed by atoms with Gasteiger partial charge in [-0.25, -0.2) is 9.78 Å². The first-order valence-corrected chi connectivity index (χ1v) is 9.59. The Morgan fingerprint density at radius 2 is 1.55 bits per heavy atom. The van der Waals surface area contributed by atoms with Gasteiger partial charge in [-0.1, -0.05) is 60.7 Å². The Balaban J connectivity index is 1.76. The number of ether oxygens (including phenoxy) is 1. The molecule has 0 radical (unpaired) electrons. The first kappa shape index (κ1) is 20.3. The number of esters is 1.